The van der Waals surface area contributed by atoms with Crippen LogP contribution in [0.1, 0.15) is 5.69 Å². The Morgan fingerprint density at radius 3 is 2.70 bits per heavy atom. The molecule has 0 bridgehead atoms. The minimum absolute atomic E-state index is 0.0793. The molecule has 27 heavy (non-hydrogen) atoms. The van der Waals surface area contributed by atoms with Crippen molar-refractivity contribution in [2.75, 3.05) is 37.7 Å². The third-order valence-electron chi connectivity index (χ3n) is 4.92. The molecule has 1 aliphatic rings. The van der Waals surface area contributed by atoms with Crippen molar-refractivity contribution in [3.63, 3.8) is 0 Å². The summed E-state index contributed by atoms with van der Waals surface area (Å²) in [5.41, 5.74) is 2.64. The van der Waals surface area contributed by atoms with Crippen molar-refractivity contribution in [2.24, 2.45) is 7.05 Å². The molecule has 142 valence electrons. The molecule has 1 fully saturated rings. The first-order chi connectivity index (χ1) is 13.1. The molecule has 9 heteroatoms. The zero-order chi connectivity index (χ0) is 18.8. The molecular formula is C18H23N7O2. The molecule has 3 aromatic rings. The Kier molecular flexibility index (Phi) is 4.87. The average Bonchev–Trinajstić information content (AvgIpc) is 3.09. The third-order valence-corrected chi connectivity index (χ3v) is 4.92. The maximum Gasteiger partial charge on any atom is 0.261 e. The first kappa shape index (κ1) is 17.6. The molecule has 3 heterocycles. The quantitative estimate of drug-likeness (QED) is 0.668. The van der Waals surface area contributed by atoms with Gasteiger partial charge in [-0.1, -0.05) is 0 Å². The summed E-state index contributed by atoms with van der Waals surface area (Å²) < 4.78 is 1.44. The van der Waals surface area contributed by atoms with Gasteiger partial charge in [0.1, 0.15) is 0 Å². The van der Waals surface area contributed by atoms with E-state index in [9.17, 15) is 4.79 Å². The number of hydrogen-bond donors (Lipinski definition) is 1. The number of nitrogens with zero attached hydrogens (tertiary/aromatic N) is 7. The summed E-state index contributed by atoms with van der Waals surface area (Å²) in [7, 11) is 1.83. The second kappa shape index (κ2) is 7.45. The number of hydrogen-bond acceptors (Lipinski definition) is 7. The van der Waals surface area contributed by atoms with Gasteiger partial charge in [0, 0.05) is 45.5 Å². The Labute approximate surface area is 156 Å². The normalized spacial score (nSPS) is 15.6. The van der Waals surface area contributed by atoms with Gasteiger partial charge in [-0.05, 0) is 18.2 Å². The smallest absolute Gasteiger partial charge is 0.261 e. The highest BCUT2D eigenvalue weighted by Crippen LogP contribution is 2.20. The summed E-state index contributed by atoms with van der Waals surface area (Å²) in [5, 5.41) is 18.1. The van der Waals surface area contributed by atoms with Crippen LogP contribution in [0.2, 0.25) is 0 Å². The Morgan fingerprint density at radius 1 is 1.19 bits per heavy atom. The Morgan fingerprint density at radius 2 is 2.00 bits per heavy atom. The van der Waals surface area contributed by atoms with Gasteiger partial charge in [-0.15, -0.1) is 0 Å². The molecule has 0 unspecified atom stereocenters. The van der Waals surface area contributed by atoms with Crippen molar-refractivity contribution in [3.05, 3.63) is 46.8 Å². The van der Waals surface area contributed by atoms with Crippen molar-refractivity contribution >= 4 is 16.6 Å². The molecule has 4 rings (SSSR count). The van der Waals surface area contributed by atoms with Crippen molar-refractivity contribution in [2.45, 2.75) is 13.1 Å². The molecule has 2 aromatic heterocycles. The van der Waals surface area contributed by atoms with E-state index in [0.717, 1.165) is 44.1 Å². The van der Waals surface area contributed by atoms with Gasteiger partial charge in [0.2, 0.25) is 0 Å². The molecule has 1 aromatic carbocycles. The molecule has 0 saturated carbocycles. The number of anilines is 1. The van der Waals surface area contributed by atoms with E-state index in [1.54, 1.807) is 4.80 Å². The van der Waals surface area contributed by atoms with E-state index in [1.165, 1.54) is 10.9 Å². The van der Waals surface area contributed by atoms with E-state index >= 15 is 0 Å². The molecule has 0 radical (unpaired) electrons. The summed E-state index contributed by atoms with van der Waals surface area (Å²) in [4.78, 5) is 23.1. The van der Waals surface area contributed by atoms with Crippen LogP contribution in [0, 0.1) is 0 Å². The largest absolute Gasteiger partial charge is 0.395 e. The van der Waals surface area contributed by atoms with Crippen LogP contribution in [0.3, 0.4) is 0 Å². The third kappa shape index (κ3) is 3.69. The van der Waals surface area contributed by atoms with Crippen LogP contribution in [0.5, 0.6) is 0 Å². The van der Waals surface area contributed by atoms with Crippen LogP contribution in [0.25, 0.3) is 10.9 Å². The summed E-state index contributed by atoms with van der Waals surface area (Å²) in [6.07, 6.45) is 3.31. The van der Waals surface area contributed by atoms with Gasteiger partial charge in [0.15, 0.2) is 0 Å². The first-order valence-electron chi connectivity index (χ1n) is 9.06. The van der Waals surface area contributed by atoms with E-state index in [-0.39, 0.29) is 18.7 Å². The molecule has 0 aliphatic carbocycles. The Hall–Kier alpha value is -2.78. The van der Waals surface area contributed by atoms with E-state index < -0.39 is 0 Å². The lowest BCUT2D eigenvalue weighted by Crippen LogP contribution is -2.46. The predicted molar refractivity (Wildman–Crippen MR) is 102 cm³/mol. The number of fused-ring (bicyclic) bond motifs is 1. The SMILES string of the molecule is Cn1ncc(CN2CCN(c3ccc4c(=O)n(CCO)cnc4c3)CC2)n1. The minimum Gasteiger partial charge on any atom is -0.395 e. The predicted octanol–water partition coefficient (Wildman–Crippen LogP) is -0.160. The molecule has 0 amide bonds. The maximum atomic E-state index is 12.4. The molecule has 1 N–H and O–H groups in total. The zero-order valence-electron chi connectivity index (χ0n) is 15.3. The molecular weight excluding hydrogens is 346 g/mol. The lowest BCUT2D eigenvalue weighted by atomic mass is 10.2. The van der Waals surface area contributed by atoms with Gasteiger partial charge in [0.05, 0.1) is 42.3 Å². The monoisotopic (exact) mass is 369 g/mol. The van der Waals surface area contributed by atoms with Crippen LogP contribution >= 0.6 is 0 Å². The van der Waals surface area contributed by atoms with E-state index in [0.29, 0.717) is 10.9 Å². The Bertz CT molecular complexity index is 989. The van der Waals surface area contributed by atoms with Gasteiger partial charge >= 0.3 is 0 Å². The Balaban J connectivity index is 1.45. The average molecular weight is 369 g/mol. The number of benzene rings is 1. The van der Waals surface area contributed by atoms with Crippen molar-refractivity contribution < 1.29 is 5.11 Å². The topological polar surface area (TPSA) is 92.3 Å². The second-order valence-corrected chi connectivity index (χ2v) is 6.76. The lowest BCUT2D eigenvalue weighted by molar-refractivity contribution is 0.246. The zero-order valence-corrected chi connectivity index (χ0v) is 15.3. The van der Waals surface area contributed by atoms with Gasteiger partial charge in [-0.3, -0.25) is 14.3 Å². The van der Waals surface area contributed by atoms with Crippen molar-refractivity contribution in [1.29, 1.82) is 0 Å². The highest BCUT2D eigenvalue weighted by Gasteiger charge is 2.19. The van der Waals surface area contributed by atoms with E-state index in [1.807, 2.05) is 31.4 Å². The summed E-state index contributed by atoms with van der Waals surface area (Å²) in [6.45, 7) is 4.70. The molecule has 1 saturated heterocycles. The number of aliphatic hydroxyl groups excluding tert-OH is 1. The highest BCUT2D eigenvalue weighted by molar-refractivity contribution is 5.81. The van der Waals surface area contributed by atoms with E-state index in [2.05, 4.69) is 25.0 Å². The van der Waals surface area contributed by atoms with Gasteiger partial charge in [-0.25, -0.2) is 4.98 Å². The molecule has 1 aliphatic heterocycles. The molecule has 0 atom stereocenters. The molecule has 0 spiro atoms. The van der Waals surface area contributed by atoms with Crippen LogP contribution in [-0.4, -0.2) is 67.3 Å². The second-order valence-electron chi connectivity index (χ2n) is 6.76. The number of aryl methyl sites for hydroxylation is 1. The minimum atomic E-state index is -0.116. The lowest BCUT2D eigenvalue weighted by Gasteiger charge is -2.35. The number of rotatable bonds is 5. The number of piperazine rings is 1. The fourth-order valence-electron chi connectivity index (χ4n) is 3.46. The summed E-state index contributed by atoms with van der Waals surface area (Å²) in [6, 6.07) is 5.78. The van der Waals surface area contributed by atoms with Crippen molar-refractivity contribution in [1.82, 2.24) is 29.4 Å². The fourth-order valence-corrected chi connectivity index (χ4v) is 3.46. The number of aliphatic hydroxyl groups is 1. The molecule has 9 nitrogen and oxygen atoms in total. The summed E-state index contributed by atoms with van der Waals surface area (Å²) >= 11 is 0. The maximum absolute atomic E-state index is 12.4. The van der Waals surface area contributed by atoms with Crippen LogP contribution < -0.4 is 10.5 Å². The standard InChI is InChI=1S/C18H23N7O2/c1-22-20-11-14(21-22)12-23-4-6-24(7-5-23)15-2-3-16-17(10-15)19-13-25(8-9-26)18(16)27/h2-3,10-11,13,26H,4-9,12H2,1H3. The highest BCUT2D eigenvalue weighted by atomic mass is 16.3. The van der Waals surface area contributed by atoms with Gasteiger partial charge < -0.3 is 10.0 Å². The van der Waals surface area contributed by atoms with Crippen LogP contribution in [-0.2, 0) is 20.1 Å². The fraction of sp³-hybridized carbons (Fsp3) is 0.444. The first-order valence-corrected chi connectivity index (χ1v) is 9.06. The van der Waals surface area contributed by atoms with Gasteiger partial charge in [0.25, 0.3) is 5.56 Å². The van der Waals surface area contributed by atoms with Gasteiger partial charge in [-0.2, -0.15) is 15.0 Å². The van der Waals surface area contributed by atoms with E-state index in [4.69, 9.17) is 5.11 Å². The van der Waals surface area contributed by atoms with Crippen molar-refractivity contribution in [3.8, 4) is 0 Å². The van der Waals surface area contributed by atoms with Crippen LogP contribution in [0.4, 0.5) is 5.69 Å². The van der Waals surface area contributed by atoms with Crippen LogP contribution in [0.15, 0.2) is 35.5 Å². The summed E-state index contributed by atoms with van der Waals surface area (Å²) in [5.74, 6) is 0. The number of aromatic nitrogens is 5.